The van der Waals surface area contributed by atoms with E-state index in [9.17, 15) is 9.90 Å². The van der Waals surface area contributed by atoms with E-state index in [-0.39, 0.29) is 16.0 Å². The van der Waals surface area contributed by atoms with Crippen LogP contribution in [0.25, 0.3) is 17.5 Å². The van der Waals surface area contributed by atoms with Crippen molar-refractivity contribution in [3.8, 4) is 28.7 Å². The van der Waals surface area contributed by atoms with Crippen molar-refractivity contribution in [1.29, 1.82) is 0 Å². The third-order valence-electron chi connectivity index (χ3n) is 3.98. The van der Waals surface area contributed by atoms with Crippen molar-refractivity contribution in [2.24, 2.45) is 0 Å². The van der Waals surface area contributed by atoms with Gasteiger partial charge in [-0.15, -0.1) is 10.2 Å². The van der Waals surface area contributed by atoms with E-state index in [1.165, 1.54) is 20.3 Å². The minimum absolute atomic E-state index is 0.00641. The van der Waals surface area contributed by atoms with E-state index in [1.807, 2.05) is 0 Å². The molecule has 31 heavy (non-hydrogen) atoms. The average Bonchev–Trinajstić information content (AvgIpc) is 3.26. The zero-order chi connectivity index (χ0) is 22.2. The van der Waals surface area contributed by atoms with E-state index in [2.05, 4.69) is 16.8 Å². The van der Waals surface area contributed by atoms with Crippen molar-refractivity contribution in [2.45, 2.75) is 5.22 Å². The summed E-state index contributed by atoms with van der Waals surface area (Å²) in [5.41, 5.74) is 1.19. The number of aliphatic carboxylic acids is 1. The number of para-hydroxylation sites is 1. The van der Waals surface area contributed by atoms with E-state index in [1.54, 1.807) is 48.5 Å². The van der Waals surface area contributed by atoms with Crippen LogP contribution < -0.4 is 14.2 Å². The zero-order valence-corrected chi connectivity index (χ0v) is 17.7. The third-order valence-corrected chi connectivity index (χ3v) is 4.83. The maximum atomic E-state index is 11.8. The van der Waals surface area contributed by atoms with Crippen molar-refractivity contribution in [1.82, 2.24) is 10.2 Å². The number of nitrogens with zero attached hydrogens (tertiary/aromatic N) is 2. The molecule has 0 saturated heterocycles. The molecule has 8 nitrogen and oxygen atoms in total. The molecule has 0 aliphatic heterocycles. The van der Waals surface area contributed by atoms with Crippen LogP contribution in [0.5, 0.6) is 17.2 Å². The van der Waals surface area contributed by atoms with Crippen molar-refractivity contribution in [2.75, 3.05) is 20.8 Å². The first-order valence-corrected chi connectivity index (χ1v) is 9.88. The molecule has 9 heteroatoms. The van der Waals surface area contributed by atoms with Gasteiger partial charge in [0.15, 0.2) is 0 Å². The van der Waals surface area contributed by atoms with E-state index in [0.717, 1.165) is 11.8 Å². The zero-order valence-electron chi connectivity index (χ0n) is 16.9. The molecular formula is C22H20N2O6S. The SMILES string of the molecule is C=CCOc1ccccc1/C=C(\Sc1nnc(-c2cc(OC)cc(OC)c2)o1)C(=O)O. The van der Waals surface area contributed by atoms with Crippen LogP contribution in [0.2, 0.25) is 0 Å². The topological polar surface area (TPSA) is 104 Å². The molecule has 3 aromatic rings. The maximum Gasteiger partial charge on any atom is 0.342 e. The number of rotatable bonds is 10. The maximum absolute atomic E-state index is 11.8. The number of aromatic nitrogens is 2. The summed E-state index contributed by atoms with van der Waals surface area (Å²) < 4.78 is 21.7. The number of thioether (sulfide) groups is 1. The molecule has 0 fully saturated rings. The van der Waals surface area contributed by atoms with Crippen LogP contribution in [-0.2, 0) is 4.79 Å². The van der Waals surface area contributed by atoms with Crippen molar-refractivity contribution in [3.05, 3.63) is 65.6 Å². The smallest absolute Gasteiger partial charge is 0.342 e. The molecule has 3 rings (SSSR count). The van der Waals surface area contributed by atoms with Gasteiger partial charge in [0.05, 0.1) is 14.2 Å². The second kappa shape index (κ2) is 10.4. The van der Waals surface area contributed by atoms with Crippen LogP contribution in [0.3, 0.4) is 0 Å². The summed E-state index contributed by atoms with van der Waals surface area (Å²) in [4.78, 5) is 11.8. The Hall–Kier alpha value is -3.72. The highest BCUT2D eigenvalue weighted by Crippen LogP contribution is 2.34. The van der Waals surface area contributed by atoms with Crippen LogP contribution >= 0.6 is 11.8 Å². The normalized spacial score (nSPS) is 11.1. The molecule has 2 aromatic carbocycles. The minimum atomic E-state index is -1.13. The fourth-order valence-electron chi connectivity index (χ4n) is 2.55. The number of ether oxygens (including phenoxy) is 3. The average molecular weight is 440 g/mol. The molecule has 1 aromatic heterocycles. The first-order valence-electron chi connectivity index (χ1n) is 9.06. The molecule has 0 spiro atoms. The Morgan fingerprint density at radius 1 is 1.16 bits per heavy atom. The van der Waals surface area contributed by atoms with Gasteiger partial charge in [-0.1, -0.05) is 30.9 Å². The Morgan fingerprint density at radius 2 is 1.87 bits per heavy atom. The van der Waals surface area contributed by atoms with E-state index in [4.69, 9.17) is 18.6 Å². The summed E-state index contributed by atoms with van der Waals surface area (Å²) in [6, 6.07) is 12.2. The predicted molar refractivity (Wildman–Crippen MR) is 116 cm³/mol. The van der Waals surface area contributed by atoms with Crippen molar-refractivity contribution >= 4 is 23.8 Å². The number of carbonyl (C=O) groups is 1. The summed E-state index contributed by atoms with van der Waals surface area (Å²) in [6.07, 6.45) is 3.10. The Kier molecular flexibility index (Phi) is 7.34. The molecule has 1 heterocycles. The Bertz CT molecular complexity index is 1090. The second-order valence-corrected chi connectivity index (χ2v) is 7.02. The van der Waals surface area contributed by atoms with Gasteiger partial charge in [-0.25, -0.2) is 4.79 Å². The van der Waals surface area contributed by atoms with Crippen LogP contribution in [0.15, 0.2) is 69.7 Å². The second-order valence-electron chi connectivity index (χ2n) is 6.03. The van der Waals surface area contributed by atoms with Gasteiger partial charge in [0.1, 0.15) is 28.8 Å². The van der Waals surface area contributed by atoms with Crippen molar-refractivity contribution in [3.63, 3.8) is 0 Å². The number of benzene rings is 2. The van der Waals surface area contributed by atoms with Gasteiger partial charge in [-0.05, 0) is 36.0 Å². The highest BCUT2D eigenvalue weighted by molar-refractivity contribution is 8.03. The van der Waals surface area contributed by atoms with Gasteiger partial charge in [-0.3, -0.25) is 0 Å². The van der Waals surface area contributed by atoms with Gasteiger partial charge < -0.3 is 23.7 Å². The van der Waals surface area contributed by atoms with Gasteiger partial charge in [-0.2, -0.15) is 0 Å². The first-order chi connectivity index (χ1) is 15.0. The molecule has 0 amide bonds. The quantitative estimate of drug-likeness (QED) is 0.276. The fourth-order valence-corrected chi connectivity index (χ4v) is 3.21. The lowest BCUT2D eigenvalue weighted by molar-refractivity contribution is -0.131. The van der Waals surface area contributed by atoms with Gasteiger partial charge in [0, 0.05) is 17.2 Å². The van der Waals surface area contributed by atoms with E-state index in [0.29, 0.717) is 35.0 Å². The molecule has 0 bridgehead atoms. The standard InChI is InChI=1S/C22H20N2O6S/c1-4-9-29-18-8-6-5-7-14(18)12-19(21(25)26)31-22-24-23-20(30-22)15-10-16(27-2)13-17(11-15)28-3/h4-8,10-13H,1,9H2,2-3H3,(H,25,26)/b19-12-. The molecule has 0 aliphatic carbocycles. The summed E-state index contributed by atoms with van der Waals surface area (Å²) in [5.74, 6) is 0.731. The third kappa shape index (κ3) is 5.67. The summed E-state index contributed by atoms with van der Waals surface area (Å²) in [7, 11) is 3.07. The summed E-state index contributed by atoms with van der Waals surface area (Å²) >= 11 is 0.843. The van der Waals surface area contributed by atoms with Crippen molar-refractivity contribution < 1.29 is 28.5 Å². The summed E-state index contributed by atoms with van der Waals surface area (Å²) in [5, 5.41) is 17.7. The number of hydrogen-bond donors (Lipinski definition) is 1. The molecule has 1 N–H and O–H groups in total. The number of carboxylic acids is 1. The largest absolute Gasteiger partial charge is 0.497 e. The molecule has 160 valence electrons. The lowest BCUT2D eigenvalue weighted by Crippen LogP contribution is -1.99. The molecular weight excluding hydrogens is 420 g/mol. The minimum Gasteiger partial charge on any atom is -0.497 e. The predicted octanol–water partition coefficient (Wildman–Crippen LogP) is 4.54. The molecule has 0 unspecified atom stereocenters. The lowest BCUT2D eigenvalue weighted by atomic mass is 10.2. The monoisotopic (exact) mass is 440 g/mol. The van der Waals surface area contributed by atoms with Crippen LogP contribution in [0.1, 0.15) is 5.56 Å². The van der Waals surface area contributed by atoms with Gasteiger partial charge in [0.25, 0.3) is 5.22 Å². The number of hydrogen-bond acceptors (Lipinski definition) is 8. The van der Waals surface area contributed by atoms with Crippen LogP contribution in [0.4, 0.5) is 0 Å². The molecule has 0 radical (unpaired) electrons. The Morgan fingerprint density at radius 3 is 2.52 bits per heavy atom. The van der Waals surface area contributed by atoms with Gasteiger partial charge >= 0.3 is 5.97 Å². The highest BCUT2D eigenvalue weighted by Gasteiger charge is 2.17. The lowest BCUT2D eigenvalue weighted by Gasteiger charge is -2.07. The van der Waals surface area contributed by atoms with E-state index >= 15 is 0 Å². The van der Waals surface area contributed by atoms with Crippen LogP contribution in [-0.4, -0.2) is 42.1 Å². The highest BCUT2D eigenvalue weighted by atomic mass is 32.2. The first kappa shape index (κ1) is 22.0. The fraction of sp³-hybridized carbons (Fsp3) is 0.136. The summed E-state index contributed by atoms with van der Waals surface area (Å²) in [6.45, 7) is 3.92. The Labute approximate surface area is 183 Å². The van der Waals surface area contributed by atoms with E-state index < -0.39 is 5.97 Å². The molecule has 0 saturated carbocycles. The van der Waals surface area contributed by atoms with Gasteiger partial charge in [0.2, 0.25) is 5.89 Å². The number of methoxy groups -OCH3 is 2. The van der Waals surface area contributed by atoms with Crippen LogP contribution in [0, 0.1) is 0 Å². The number of carboxylic acid groups (broad SMARTS) is 1. The molecule has 0 aliphatic rings. The molecule has 0 atom stereocenters. The Balaban J connectivity index is 1.88.